The molecular weight excluding hydrogens is 250 g/mol. The third-order valence-corrected chi connectivity index (χ3v) is 3.63. The first-order chi connectivity index (χ1) is 9.74. The minimum atomic E-state index is 0.00250. The number of carbonyl (C=O) groups excluding carboxylic acids is 2. The molecule has 3 heteroatoms. The molecule has 0 radical (unpaired) electrons. The van der Waals surface area contributed by atoms with E-state index in [1.165, 1.54) is 0 Å². The van der Waals surface area contributed by atoms with Crippen molar-refractivity contribution in [2.75, 3.05) is 0 Å². The molecular formula is C17H21NO2. The molecule has 1 aromatic carbocycles. The van der Waals surface area contributed by atoms with E-state index in [1.54, 1.807) is 4.57 Å². The summed E-state index contributed by atoms with van der Waals surface area (Å²) in [6.07, 6.45) is 2.75. The van der Waals surface area contributed by atoms with Crippen LogP contribution in [-0.4, -0.2) is 16.3 Å². The molecule has 2 aromatic rings. The lowest BCUT2D eigenvalue weighted by Crippen LogP contribution is -2.19. The Hall–Kier alpha value is -1.90. The van der Waals surface area contributed by atoms with Crippen LogP contribution in [0.1, 0.15) is 60.9 Å². The molecule has 0 aliphatic heterocycles. The summed E-state index contributed by atoms with van der Waals surface area (Å²) in [4.78, 5) is 24.2. The lowest BCUT2D eigenvalue weighted by molar-refractivity contribution is 0.0880. The Labute approximate surface area is 119 Å². The van der Waals surface area contributed by atoms with E-state index in [4.69, 9.17) is 0 Å². The Morgan fingerprint density at radius 2 is 1.90 bits per heavy atom. The first-order valence-corrected chi connectivity index (χ1v) is 7.42. The molecule has 1 aliphatic rings. The first kappa shape index (κ1) is 14.5. The van der Waals surface area contributed by atoms with Gasteiger partial charge in [0.15, 0.2) is 5.78 Å². The van der Waals surface area contributed by atoms with Crippen molar-refractivity contribution in [2.24, 2.45) is 0 Å². The number of rotatable bonds is 1. The topological polar surface area (TPSA) is 39.1 Å². The van der Waals surface area contributed by atoms with Crippen LogP contribution in [0.15, 0.2) is 24.3 Å². The van der Waals surface area contributed by atoms with Crippen LogP contribution in [0.3, 0.4) is 0 Å². The minimum absolute atomic E-state index is 0.00250. The van der Waals surface area contributed by atoms with Crippen molar-refractivity contribution >= 4 is 22.6 Å². The Bertz CT molecular complexity index is 652. The summed E-state index contributed by atoms with van der Waals surface area (Å²) < 4.78 is 1.63. The molecule has 0 saturated heterocycles. The fraction of sp³-hybridized carbons (Fsp3) is 0.412. The molecule has 1 aromatic heterocycles. The maximum absolute atomic E-state index is 12.1. The highest BCUT2D eigenvalue weighted by Crippen LogP contribution is 2.32. The minimum Gasteiger partial charge on any atom is -0.293 e. The zero-order chi connectivity index (χ0) is 14.7. The summed E-state index contributed by atoms with van der Waals surface area (Å²) in [7, 11) is 0. The van der Waals surface area contributed by atoms with Crippen molar-refractivity contribution in [3.8, 4) is 0 Å². The van der Waals surface area contributed by atoms with E-state index in [0.29, 0.717) is 18.5 Å². The normalized spacial score (nSPS) is 13.7. The molecule has 0 N–H and O–H groups in total. The molecule has 0 unspecified atom stereocenters. The summed E-state index contributed by atoms with van der Waals surface area (Å²) in [6.45, 7) is 5.83. The number of hydrogen-bond acceptors (Lipinski definition) is 2. The summed E-state index contributed by atoms with van der Waals surface area (Å²) in [5.74, 6) is 0.108. The van der Waals surface area contributed by atoms with Gasteiger partial charge in [-0.25, -0.2) is 0 Å². The van der Waals surface area contributed by atoms with Crippen LogP contribution in [0.5, 0.6) is 0 Å². The highest BCUT2D eigenvalue weighted by atomic mass is 16.2. The van der Waals surface area contributed by atoms with Gasteiger partial charge in [0.2, 0.25) is 5.91 Å². The highest BCUT2D eigenvalue weighted by molar-refractivity contribution is 6.08. The van der Waals surface area contributed by atoms with Gasteiger partial charge in [-0.1, -0.05) is 39.0 Å². The van der Waals surface area contributed by atoms with E-state index in [1.807, 2.05) is 45.0 Å². The lowest BCUT2D eigenvalue weighted by Gasteiger charge is -2.13. The van der Waals surface area contributed by atoms with Gasteiger partial charge in [-0.3, -0.25) is 14.2 Å². The number of fused-ring (bicyclic) bond motifs is 3. The average molecular weight is 271 g/mol. The fourth-order valence-electron chi connectivity index (χ4n) is 2.81. The molecule has 1 heterocycles. The number of carbonyl (C=O) groups is 2. The molecule has 0 bridgehead atoms. The van der Waals surface area contributed by atoms with E-state index in [0.717, 1.165) is 29.3 Å². The Kier molecular flexibility index (Phi) is 4.38. The quantitative estimate of drug-likeness (QED) is 0.778. The molecule has 0 atom stereocenters. The van der Waals surface area contributed by atoms with Crippen molar-refractivity contribution in [3.05, 3.63) is 35.5 Å². The smallest absolute Gasteiger partial charge is 0.231 e. The standard InChI is InChI=1S/C15H15NO2.C2H6/c1-2-14(18)16-12-8-4-3-6-10(12)11-7-5-9-13(17)15(11)16;1-2/h3-4,6,8H,2,5,7,9H2,1H3;1-2H3. The van der Waals surface area contributed by atoms with Gasteiger partial charge in [-0.05, 0) is 24.5 Å². The van der Waals surface area contributed by atoms with Gasteiger partial charge in [-0.15, -0.1) is 0 Å². The Morgan fingerprint density at radius 3 is 2.60 bits per heavy atom. The molecule has 0 fully saturated rings. The van der Waals surface area contributed by atoms with Crippen molar-refractivity contribution in [2.45, 2.75) is 46.5 Å². The van der Waals surface area contributed by atoms with E-state index >= 15 is 0 Å². The van der Waals surface area contributed by atoms with Gasteiger partial charge >= 0.3 is 0 Å². The third kappa shape index (κ3) is 2.17. The van der Waals surface area contributed by atoms with Crippen LogP contribution in [0.25, 0.3) is 10.9 Å². The number of aryl methyl sites for hydroxylation is 1. The second kappa shape index (κ2) is 6.04. The molecule has 0 spiro atoms. The number of nitrogens with zero attached hydrogens (tertiary/aromatic N) is 1. The number of para-hydroxylation sites is 1. The molecule has 20 heavy (non-hydrogen) atoms. The molecule has 1 aliphatic carbocycles. The monoisotopic (exact) mass is 271 g/mol. The maximum Gasteiger partial charge on any atom is 0.231 e. The van der Waals surface area contributed by atoms with Crippen molar-refractivity contribution in [1.82, 2.24) is 4.57 Å². The second-order valence-corrected chi connectivity index (χ2v) is 4.70. The molecule has 0 saturated carbocycles. The number of benzene rings is 1. The van der Waals surface area contributed by atoms with Crippen LogP contribution >= 0.6 is 0 Å². The number of Topliss-reactive ketones (excluding diaryl/α,β-unsaturated/α-hetero) is 1. The van der Waals surface area contributed by atoms with E-state index < -0.39 is 0 Å². The largest absolute Gasteiger partial charge is 0.293 e. The van der Waals surface area contributed by atoms with E-state index in [2.05, 4.69) is 0 Å². The fourth-order valence-corrected chi connectivity index (χ4v) is 2.81. The van der Waals surface area contributed by atoms with Crippen LogP contribution in [0.2, 0.25) is 0 Å². The predicted octanol–water partition coefficient (Wildman–Crippen LogP) is 4.24. The van der Waals surface area contributed by atoms with E-state index in [9.17, 15) is 9.59 Å². The number of aromatic nitrogens is 1. The van der Waals surface area contributed by atoms with E-state index in [-0.39, 0.29) is 11.7 Å². The number of hydrogen-bond donors (Lipinski definition) is 0. The molecule has 3 nitrogen and oxygen atoms in total. The van der Waals surface area contributed by atoms with Gasteiger partial charge in [0, 0.05) is 18.2 Å². The highest BCUT2D eigenvalue weighted by Gasteiger charge is 2.27. The van der Waals surface area contributed by atoms with Gasteiger partial charge in [0.1, 0.15) is 0 Å². The van der Waals surface area contributed by atoms with Gasteiger partial charge in [0.05, 0.1) is 11.2 Å². The van der Waals surface area contributed by atoms with Crippen LogP contribution in [0.4, 0.5) is 0 Å². The van der Waals surface area contributed by atoms with Crippen molar-refractivity contribution in [3.63, 3.8) is 0 Å². The van der Waals surface area contributed by atoms with Gasteiger partial charge in [-0.2, -0.15) is 0 Å². The summed E-state index contributed by atoms with van der Waals surface area (Å²) >= 11 is 0. The Balaban J connectivity index is 0.000000704. The molecule has 3 rings (SSSR count). The predicted molar refractivity (Wildman–Crippen MR) is 81.5 cm³/mol. The third-order valence-electron chi connectivity index (χ3n) is 3.63. The SMILES string of the molecule is CC.CCC(=O)n1c2c(c3ccccc31)CCCC2=O. The number of ketones is 1. The van der Waals surface area contributed by atoms with Gasteiger partial charge < -0.3 is 0 Å². The van der Waals surface area contributed by atoms with Crippen LogP contribution in [-0.2, 0) is 6.42 Å². The first-order valence-electron chi connectivity index (χ1n) is 7.42. The summed E-state index contributed by atoms with van der Waals surface area (Å²) in [5.41, 5.74) is 2.57. The Morgan fingerprint density at radius 1 is 1.20 bits per heavy atom. The second-order valence-electron chi connectivity index (χ2n) is 4.70. The average Bonchev–Trinajstić information content (AvgIpc) is 2.85. The summed E-state index contributed by atoms with van der Waals surface area (Å²) in [6, 6.07) is 7.81. The zero-order valence-corrected chi connectivity index (χ0v) is 12.4. The summed E-state index contributed by atoms with van der Waals surface area (Å²) in [5, 5.41) is 1.06. The van der Waals surface area contributed by atoms with Gasteiger partial charge in [0.25, 0.3) is 0 Å². The lowest BCUT2D eigenvalue weighted by atomic mass is 9.94. The van der Waals surface area contributed by atoms with Crippen molar-refractivity contribution in [1.29, 1.82) is 0 Å². The van der Waals surface area contributed by atoms with Crippen LogP contribution < -0.4 is 0 Å². The van der Waals surface area contributed by atoms with Crippen LogP contribution in [0, 0.1) is 0 Å². The molecule has 106 valence electrons. The molecule has 0 amide bonds. The maximum atomic E-state index is 12.1. The van der Waals surface area contributed by atoms with Crippen molar-refractivity contribution < 1.29 is 9.59 Å². The zero-order valence-electron chi connectivity index (χ0n) is 12.4.